The first kappa shape index (κ1) is 17.7. The van der Waals surface area contributed by atoms with Crippen molar-refractivity contribution in [2.45, 2.75) is 13.1 Å². The number of hydrogen-bond acceptors (Lipinski definition) is 3. The van der Waals surface area contributed by atoms with Crippen LogP contribution in [0.4, 0.5) is 0 Å². The first-order chi connectivity index (χ1) is 13.6. The van der Waals surface area contributed by atoms with Crippen LogP contribution in [0.3, 0.4) is 0 Å². The van der Waals surface area contributed by atoms with Crippen LogP contribution < -0.4 is 5.56 Å². The van der Waals surface area contributed by atoms with Gasteiger partial charge in [0.15, 0.2) is 0 Å². The number of benzene rings is 2. The predicted octanol–water partition coefficient (Wildman–Crippen LogP) is 3.05. The van der Waals surface area contributed by atoms with Crippen LogP contribution in [0.5, 0.6) is 0 Å². The van der Waals surface area contributed by atoms with E-state index in [2.05, 4.69) is 22.2 Å². The lowest BCUT2D eigenvalue weighted by molar-refractivity contribution is 0.0787. The summed E-state index contributed by atoms with van der Waals surface area (Å²) in [5.74, 6) is -0.196. The molecule has 0 atom stereocenters. The number of para-hydroxylation sites is 1. The number of rotatable bonds is 5. The predicted molar refractivity (Wildman–Crippen MR) is 108 cm³/mol. The van der Waals surface area contributed by atoms with Crippen molar-refractivity contribution in [3.05, 3.63) is 100 Å². The van der Waals surface area contributed by atoms with E-state index in [4.69, 9.17) is 0 Å². The Labute approximate surface area is 162 Å². The molecule has 0 bridgehead atoms. The fraction of sp³-hybridized carbons (Fsp3) is 0.136. The van der Waals surface area contributed by atoms with Gasteiger partial charge in [-0.15, -0.1) is 0 Å². The van der Waals surface area contributed by atoms with E-state index in [-0.39, 0.29) is 11.5 Å². The molecular formula is C22H20N4O2. The van der Waals surface area contributed by atoms with E-state index in [1.807, 2.05) is 47.3 Å². The van der Waals surface area contributed by atoms with Gasteiger partial charge in [-0.25, -0.2) is 0 Å². The standard InChI is InChI=1S/C22H20N4O2/c1-25(13-17-12-23-26(15-17)14-16-7-3-2-4-8-16)22(28)19-11-21(27)24-20-10-6-5-9-18(19)20/h2-12,15H,13-14H2,1H3,(H,24,27). The SMILES string of the molecule is CN(Cc1cnn(Cc2ccccc2)c1)C(=O)c1cc(=O)[nH]c2ccccc12. The molecule has 6 heteroatoms. The number of aromatic nitrogens is 3. The number of nitrogens with zero attached hydrogens (tertiary/aromatic N) is 3. The van der Waals surface area contributed by atoms with Crippen molar-refractivity contribution < 1.29 is 4.79 Å². The molecule has 0 fully saturated rings. The van der Waals surface area contributed by atoms with Gasteiger partial charge in [-0.1, -0.05) is 48.5 Å². The fourth-order valence-corrected chi connectivity index (χ4v) is 3.28. The second-order valence-electron chi connectivity index (χ2n) is 6.79. The monoisotopic (exact) mass is 372 g/mol. The van der Waals surface area contributed by atoms with Crippen molar-refractivity contribution in [2.24, 2.45) is 0 Å². The van der Waals surface area contributed by atoms with Gasteiger partial charge < -0.3 is 9.88 Å². The summed E-state index contributed by atoms with van der Waals surface area (Å²) in [4.78, 5) is 29.2. The van der Waals surface area contributed by atoms with Gasteiger partial charge in [-0.05, 0) is 11.6 Å². The Hall–Kier alpha value is -3.67. The van der Waals surface area contributed by atoms with E-state index in [1.54, 1.807) is 24.2 Å². The van der Waals surface area contributed by atoms with Gasteiger partial charge in [0.25, 0.3) is 5.91 Å². The van der Waals surface area contributed by atoms with Gasteiger partial charge in [-0.3, -0.25) is 14.3 Å². The summed E-state index contributed by atoms with van der Waals surface area (Å²) < 4.78 is 1.85. The fourth-order valence-electron chi connectivity index (χ4n) is 3.28. The smallest absolute Gasteiger partial charge is 0.254 e. The molecule has 0 unspecified atom stereocenters. The number of fused-ring (bicyclic) bond motifs is 1. The third-order valence-corrected chi connectivity index (χ3v) is 4.62. The molecule has 0 spiro atoms. The highest BCUT2D eigenvalue weighted by atomic mass is 16.2. The van der Waals surface area contributed by atoms with Crippen molar-refractivity contribution in [1.29, 1.82) is 0 Å². The topological polar surface area (TPSA) is 71.0 Å². The summed E-state index contributed by atoms with van der Waals surface area (Å²) in [5, 5.41) is 5.12. The van der Waals surface area contributed by atoms with E-state index in [9.17, 15) is 9.59 Å². The van der Waals surface area contributed by atoms with Gasteiger partial charge in [-0.2, -0.15) is 5.10 Å². The lowest BCUT2D eigenvalue weighted by Crippen LogP contribution is -2.27. The highest BCUT2D eigenvalue weighted by Gasteiger charge is 2.17. The first-order valence-electron chi connectivity index (χ1n) is 9.03. The zero-order valence-corrected chi connectivity index (χ0v) is 15.5. The Morgan fingerprint density at radius 3 is 2.64 bits per heavy atom. The molecule has 1 amide bonds. The summed E-state index contributed by atoms with van der Waals surface area (Å²) >= 11 is 0. The minimum atomic E-state index is -0.286. The van der Waals surface area contributed by atoms with Crippen molar-refractivity contribution in [1.82, 2.24) is 19.7 Å². The Bertz CT molecular complexity index is 1180. The molecule has 140 valence electrons. The highest BCUT2D eigenvalue weighted by Crippen LogP contribution is 2.17. The number of aromatic amines is 1. The number of amides is 1. The lowest BCUT2D eigenvalue weighted by atomic mass is 10.1. The van der Waals surface area contributed by atoms with Crippen molar-refractivity contribution >= 4 is 16.8 Å². The third-order valence-electron chi connectivity index (χ3n) is 4.62. The molecule has 0 aliphatic heterocycles. The minimum Gasteiger partial charge on any atom is -0.337 e. The molecule has 1 N–H and O–H groups in total. The van der Waals surface area contributed by atoms with Crippen molar-refractivity contribution in [2.75, 3.05) is 7.05 Å². The molecule has 2 heterocycles. The lowest BCUT2D eigenvalue weighted by Gasteiger charge is -2.17. The molecule has 28 heavy (non-hydrogen) atoms. The second-order valence-corrected chi connectivity index (χ2v) is 6.79. The Balaban J connectivity index is 1.52. The molecule has 0 saturated heterocycles. The first-order valence-corrected chi connectivity index (χ1v) is 9.03. The molecule has 0 aliphatic carbocycles. The molecule has 6 nitrogen and oxygen atoms in total. The van der Waals surface area contributed by atoms with E-state index in [0.717, 1.165) is 16.5 Å². The quantitative estimate of drug-likeness (QED) is 0.585. The van der Waals surface area contributed by atoms with Crippen LogP contribution in [-0.4, -0.2) is 32.6 Å². The zero-order valence-electron chi connectivity index (χ0n) is 15.5. The summed E-state index contributed by atoms with van der Waals surface area (Å²) in [6, 6.07) is 18.8. The number of H-pyrrole nitrogens is 1. The second kappa shape index (κ2) is 7.52. The molecule has 0 aliphatic rings. The molecule has 4 aromatic rings. The van der Waals surface area contributed by atoms with Crippen LogP contribution in [0.25, 0.3) is 10.9 Å². The highest BCUT2D eigenvalue weighted by molar-refractivity contribution is 6.05. The zero-order chi connectivity index (χ0) is 19.5. The van der Waals surface area contributed by atoms with Crippen LogP contribution in [0.15, 0.2) is 77.9 Å². The summed E-state index contributed by atoms with van der Waals surface area (Å²) in [6.45, 7) is 1.09. The molecule has 2 aromatic carbocycles. The third kappa shape index (κ3) is 3.71. The average molecular weight is 372 g/mol. The minimum absolute atomic E-state index is 0.196. The van der Waals surface area contributed by atoms with Crippen LogP contribution >= 0.6 is 0 Å². The van der Waals surface area contributed by atoms with Gasteiger partial charge >= 0.3 is 0 Å². The number of hydrogen-bond donors (Lipinski definition) is 1. The maximum atomic E-state index is 13.0. The maximum Gasteiger partial charge on any atom is 0.254 e. The summed E-state index contributed by atoms with van der Waals surface area (Å²) in [6.07, 6.45) is 3.70. The Morgan fingerprint density at radius 2 is 1.82 bits per heavy atom. The van der Waals surface area contributed by atoms with Gasteiger partial charge in [0.2, 0.25) is 5.56 Å². The Morgan fingerprint density at radius 1 is 1.07 bits per heavy atom. The van der Waals surface area contributed by atoms with Crippen molar-refractivity contribution in [3.8, 4) is 0 Å². The van der Waals surface area contributed by atoms with Crippen LogP contribution in [0, 0.1) is 0 Å². The van der Waals surface area contributed by atoms with Crippen molar-refractivity contribution in [3.63, 3.8) is 0 Å². The van der Waals surface area contributed by atoms with E-state index >= 15 is 0 Å². The maximum absolute atomic E-state index is 13.0. The van der Waals surface area contributed by atoms with Crippen LogP contribution in [0.2, 0.25) is 0 Å². The van der Waals surface area contributed by atoms with Crippen LogP contribution in [-0.2, 0) is 13.1 Å². The molecular weight excluding hydrogens is 352 g/mol. The van der Waals surface area contributed by atoms with Gasteiger partial charge in [0.05, 0.1) is 18.3 Å². The van der Waals surface area contributed by atoms with E-state index < -0.39 is 0 Å². The number of carbonyl (C=O) groups is 1. The summed E-state index contributed by atoms with van der Waals surface area (Å²) in [7, 11) is 1.73. The van der Waals surface area contributed by atoms with Gasteiger partial charge in [0, 0.05) is 42.3 Å². The van der Waals surface area contributed by atoms with E-state index in [1.165, 1.54) is 6.07 Å². The van der Waals surface area contributed by atoms with E-state index in [0.29, 0.717) is 24.2 Å². The average Bonchev–Trinajstić information content (AvgIpc) is 3.14. The summed E-state index contributed by atoms with van der Waals surface area (Å²) in [5.41, 5.74) is 2.87. The number of nitrogens with one attached hydrogen (secondary N) is 1. The van der Waals surface area contributed by atoms with Crippen LogP contribution in [0.1, 0.15) is 21.5 Å². The molecule has 0 radical (unpaired) electrons. The molecule has 0 saturated carbocycles. The number of carbonyl (C=O) groups excluding carboxylic acids is 1. The normalized spacial score (nSPS) is 10.9. The molecule has 2 aromatic heterocycles. The largest absolute Gasteiger partial charge is 0.337 e. The Kier molecular flexibility index (Phi) is 4.76. The molecule has 4 rings (SSSR count). The van der Waals surface area contributed by atoms with Gasteiger partial charge in [0.1, 0.15) is 0 Å². The number of pyridine rings is 1.